The normalized spacial score (nSPS) is 21.5. The Bertz CT molecular complexity index is 415. The highest BCUT2D eigenvalue weighted by molar-refractivity contribution is 9.10. The Labute approximate surface area is 112 Å². The Morgan fingerprint density at radius 2 is 2.35 bits per heavy atom. The molecule has 1 saturated heterocycles. The fraction of sp³-hybridized carbons (Fsp3) is 0.429. The molecule has 1 atom stereocenters. The van der Waals surface area contributed by atoms with Crippen LogP contribution in [0.4, 0.5) is 0 Å². The number of likely N-dealkylation sites (tertiary alicyclic amines) is 1. The summed E-state index contributed by atoms with van der Waals surface area (Å²) in [5, 5.41) is 0. The van der Waals surface area contributed by atoms with E-state index in [2.05, 4.69) is 52.2 Å². The summed E-state index contributed by atoms with van der Waals surface area (Å²) in [7, 11) is 2.19. The third kappa shape index (κ3) is 3.18. The molecule has 1 unspecified atom stereocenters. The van der Waals surface area contributed by atoms with E-state index in [-0.39, 0.29) is 0 Å². The van der Waals surface area contributed by atoms with Crippen molar-refractivity contribution in [2.45, 2.75) is 12.3 Å². The molecule has 1 aromatic rings. The Morgan fingerprint density at radius 3 is 2.94 bits per heavy atom. The molecule has 17 heavy (non-hydrogen) atoms. The van der Waals surface area contributed by atoms with Crippen LogP contribution in [0.2, 0.25) is 0 Å². The van der Waals surface area contributed by atoms with Crippen LogP contribution in [-0.2, 0) is 0 Å². The number of benzene rings is 1. The van der Waals surface area contributed by atoms with E-state index < -0.39 is 0 Å². The van der Waals surface area contributed by atoms with Gasteiger partial charge in [-0.25, -0.2) is 0 Å². The minimum Gasteiger partial charge on any atom is -0.327 e. The zero-order valence-corrected chi connectivity index (χ0v) is 11.8. The molecule has 0 aromatic heterocycles. The molecule has 0 amide bonds. The molecule has 0 bridgehead atoms. The molecular formula is C14H19BrN2. The van der Waals surface area contributed by atoms with E-state index in [0.29, 0.717) is 12.5 Å². The second-order valence-electron chi connectivity index (χ2n) is 4.67. The highest BCUT2D eigenvalue weighted by Crippen LogP contribution is 2.32. The van der Waals surface area contributed by atoms with Crippen LogP contribution in [0.3, 0.4) is 0 Å². The molecule has 1 aliphatic heterocycles. The Balaban J connectivity index is 2.17. The summed E-state index contributed by atoms with van der Waals surface area (Å²) < 4.78 is 1.22. The third-order valence-electron chi connectivity index (χ3n) is 3.30. The Hall–Kier alpha value is -0.640. The molecule has 3 heteroatoms. The van der Waals surface area contributed by atoms with E-state index in [0.717, 1.165) is 6.54 Å². The first kappa shape index (κ1) is 12.8. The zero-order chi connectivity index (χ0) is 12.3. The van der Waals surface area contributed by atoms with Crippen molar-refractivity contribution < 1.29 is 0 Å². The van der Waals surface area contributed by atoms with Crippen molar-refractivity contribution in [3.63, 3.8) is 0 Å². The zero-order valence-electron chi connectivity index (χ0n) is 10.2. The summed E-state index contributed by atoms with van der Waals surface area (Å²) in [6.45, 7) is 2.95. The van der Waals surface area contributed by atoms with Gasteiger partial charge in [0.25, 0.3) is 0 Å². The summed E-state index contributed by atoms with van der Waals surface area (Å²) in [4.78, 5) is 2.39. The molecule has 2 N–H and O–H groups in total. The molecule has 1 aliphatic rings. The van der Waals surface area contributed by atoms with Crippen molar-refractivity contribution in [3.8, 4) is 0 Å². The van der Waals surface area contributed by atoms with Gasteiger partial charge in [0, 0.05) is 17.6 Å². The SMILES string of the molecule is CN1CCC(c2ccc(/C=C/CN)cc2Br)C1. The Kier molecular flexibility index (Phi) is 4.37. The quantitative estimate of drug-likeness (QED) is 0.929. The van der Waals surface area contributed by atoms with Gasteiger partial charge in [-0.1, -0.05) is 40.2 Å². The second kappa shape index (κ2) is 5.80. The molecule has 2 nitrogen and oxygen atoms in total. The maximum Gasteiger partial charge on any atom is 0.0216 e. The number of nitrogens with zero attached hydrogens (tertiary/aromatic N) is 1. The minimum atomic E-state index is 0.590. The lowest BCUT2D eigenvalue weighted by Crippen LogP contribution is -2.13. The number of nitrogens with two attached hydrogens (primary N) is 1. The van der Waals surface area contributed by atoms with Crippen LogP contribution in [-0.4, -0.2) is 31.6 Å². The summed E-state index contributed by atoms with van der Waals surface area (Å²) in [5.41, 5.74) is 8.09. The van der Waals surface area contributed by atoms with Crippen molar-refractivity contribution in [3.05, 3.63) is 39.9 Å². The first-order chi connectivity index (χ1) is 8.20. The van der Waals surface area contributed by atoms with Crippen LogP contribution >= 0.6 is 15.9 Å². The molecule has 2 rings (SSSR count). The van der Waals surface area contributed by atoms with Gasteiger partial charge in [0.05, 0.1) is 0 Å². The lowest BCUT2D eigenvalue weighted by molar-refractivity contribution is 0.411. The summed E-state index contributed by atoms with van der Waals surface area (Å²) in [5.74, 6) is 0.668. The topological polar surface area (TPSA) is 29.3 Å². The number of likely N-dealkylation sites (N-methyl/N-ethyl adjacent to an activating group) is 1. The molecule has 0 spiro atoms. The predicted molar refractivity (Wildman–Crippen MR) is 77.1 cm³/mol. The van der Waals surface area contributed by atoms with E-state index in [9.17, 15) is 0 Å². The molecule has 0 radical (unpaired) electrons. The molecule has 92 valence electrons. The average molecular weight is 295 g/mol. The smallest absolute Gasteiger partial charge is 0.0216 e. The van der Waals surface area contributed by atoms with Gasteiger partial charge in [-0.3, -0.25) is 0 Å². The highest BCUT2D eigenvalue weighted by atomic mass is 79.9. The van der Waals surface area contributed by atoms with Gasteiger partial charge >= 0.3 is 0 Å². The fourth-order valence-electron chi connectivity index (χ4n) is 2.37. The highest BCUT2D eigenvalue weighted by Gasteiger charge is 2.22. The maximum absolute atomic E-state index is 5.46. The summed E-state index contributed by atoms with van der Waals surface area (Å²) in [6, 6.07) is 6.59. The monoisotopic (exact) mass is 294 g/mol. The van der Waals surface area contributed by atoms with E-state index in [1.54, 1.807) is 0 Å². The van der Waals surface area contributed by atoms with Gasteiger partial charge in [0.2, 0.25) is 0 Å². The molecule has 0 aliphatic carbocycles. The molecule has 1 heterocycles. The van der Waals surface area contributed by atoms with Crippen LogP contribution in [0, 0.1) is 0 Å². The number of halogens is 1. The molecule has 1 aromatic carbocycles. The number of rotatable bonds is 3. The lowest BCUT2D eigenvalue weighted by Gasteiger charge is -2.13. The van der Waals surface area contributed by atoms with Gasteiger partial charge < -0.3 is 10.6 Å². The van der Waals surface area contributed by atoms with Crippen molar-refractivity contribution in [1.82, 2.24) is 4.90 Å². The van der Waals surface area contributed by atoms with Crippen molar-refractivity contribution in [2.24, 2.45) is 5.73 Å². The van der Waals surface area contributed by atoms with Gasteiger partial charge in [0.15, 0.2) is 0 Å². The third-order valence-corrected chi connectivity index (χ3v) is 3.99. The van der Waals surface area contributed by atoms with Crippen molar-refractivity contribution in [1.29, 1.82) is 0 Å². The van der Waals surface area contributed by atoms with Gasteiger partial charge in [-0.15, -0.1) is 0 Å². The minimum absolute atomic E-state index is 0.590. The predicted octanol–water partition coefficient (Wildman–Crippen LogP) is 2.84. The first-order valence-electron chi connectivity index (χ1n) is 6.05. The number of hydrogen-bond acceptors (Lipinski definition) is 2. The standard InChI is InChI=1S/C14H19BrN2/c1-17-8-6-12(10-17)13-5-4-11(3-2-7-16)9-14(13)15/h2-5,9,12H,6-8,10,16H2,1H3/b3-2+. The Morgan fingerprint density at radius 1 is 1.53 bits per heavy atom. The lowest BCUT2D eigenvalue weighted by atomic mass is 9.97. The fourth-order valence-corrected chi connectivity index (χ4v) is 3.09. The second-order valence-corrected chi connectivity index (χ2v) is 5.52. The first-order valence-corrected chi connectivity index (χ1v) is 6.84. The van der Waals surface area contributed by atoms with E-state index in [4.69, 9.17) is 5.73 Å². The van der Waals surface area contributed by atoms with Crippen LogP contribution < -0.4 is 5.73 Å². The molecular weight excluding hydrogens is 276 g/mol. The van der Waals surface area contributed by atoms with Crippen LogP contribution in [0.5, 0.6) is 0 Å². The molecule has 0 saturated carbocycles. The van der Waals surface area contributed by atoms with Crippen LogP contribution in [0.25, 0.3) is 6.08 Å². The summed E-state index contributed by atoms with van der Waals surface area (Å²) >= 11 is 3.69. The van der Waals surface area contributed by atoms with Crippen molar-refractivity contribution >= 4 is 22.0 Å². The maximum atomic E-state index is 5.46. The summed E-state index contributed by atoms with van der Waals surface area (Å²) in [6.07, 6.45) is 5.30. The van der Waals surface area contributed by atoms with Crippen LogP contribution in [0.15, 0.2) is 28.7 Å². The largest absolute Gasteiger partial charge is 0.327 e. The number of hydrogen-bond donors (Lipinski definition) is 1. The van der Waals surface area contributed by atoms with Gasteiger partial charge in [-0.05, 0) is 43.1 Å². The van der Waals surface area contributed by atoms with Gasteiger partial charge in [-0.2, -0.15) is 0 Å². The average Bonchev–Trinajstić information content (AvgIpc) is 2.73. The van der Waals surface area contributed by atoms with E-state index in [1.165, 1.54) is 28.6 Å². The van der Waals surface area contributed by atoms with Crippen LogP contribution in [0.1, 0.15) is 23.5 Å². The van der Waals surface area contributed by atoms with Crippen molar-refractivity contribution in [2.75, 3.05) is 26.7 Å². The van der Waals surface area contributed by atoms with E-state index >= 15 is 0 Å². The van der Waals surface area contributed by atoms with Gasteiger partial charge in [0.1, 0.15) is 0 Å². The molecule has 1 fully saturated rings. The van der Waals surface area contributed by atoms with E-state index in [1.807, 2.05) is 6.08 Å².